The summed E-state index contributed by atoms with van der Waals surface area (Å²) in [5, 5.41) is 9.27. The molecular weight excluding hydrogens is 184 g/mol. The Morgan fingerprint density at radius 1 is 0.867 bits per heavy atom. The molecule has 0 aromatic carbocycles. The van der Waals surface area contributed by atoms with E-state index in [1.165, 1.54) is 64.2 Å². The standard InChI is InChI=1S/C13H24N2/c1-13(10-6-3-7-11-13)15-14-12-8-4-2-5-9-12/h12H,2-11H2,1H3. The second kappa shape index (κ2) is 5.09. The predicted octanol–water partition coefficient (Wildman–Crippen LogP) is 4.49. The van der Waals surface area contributed by atoms with Crippen molar-refractivity contribution in [1.82, 2.24) is 0 Å². The largest absolute Gasteiger partial charge is 0.190 e. The van der Waals surface area contributed by atoms with E-state index in [9.17, 15) is 0 Å². The summed E-state index contributed by atoms with van der Waals surface area (Å²) in [5.74, 6) is 0. The van der Waals surface area contributed by atoms with Gasteiger partial charge in [0.15, 0.2) is 0 Å². The average Bonchev–Trinajstić information content (AvgIpc) is 2.29. The Hall–Kier alpha value is -0.400. The van der Waals surface area contributed by atoms with Crippen LogP contribution in [0.25, 0.3) is 0 Å². The van der Waals surface area contributed by atoms with Gasteiger partial charge in [-0.2, -0.15) is 10.2 Å². The Balaban J connectivity index is 1.85. The molecular formula is C13H24N2. The number of nitrogens with zero attached hydrogens (tertiary/aromatic N) is 2. The van der Waals surface area contributed by atoms with Crippen molar-refractivity contribution < 1.29 is 0 Å². The molecule has 15 heavy (non-hydrogen) atoms. The summed E-state index contributed by atoms with van der Waals surface area (Å²) in [6.45, 7) is 2.29. The lowest BCUT2D eigenvalue weighted by Crippen LogP contribution is -2.25. The van der Waals surface area contributed by atoms with Crippen molar-refractivity contribution in [1.29, 1.82) is 0 Å². The number of hydrogen-bond acceptors (Lipinski definition) is 2. The van der Waals surface area contributed by atoms with E-state index in [4.69, 9.17) is 0 Å². The van der Waals surface area contributed by atoms with Gasteiger partial charge in [-0.15, -0.1) is 0 Å². The Bertz CT molecular complexity index is 211. The van der Waals surface area contributed by atoms with Crippen LogP contribution >= 0.6 is 0 Å². The zero-order valence-corrected chi connectivity index (χ0v) is 10.0. The molecule has 0 aliphatic heterocycles. The Morgan fingerprint density at radius 2 is 1.47 bits per heavy atom. The van der Waals surface area contributed by atoms with Crippen LogP contribution in [0.4, 0.5) is 0 Å². The summed E-state index contributed by atoms with van der Waals surface area (Å²) in [7, 11) is 0. The molecule has 2 heteroatoms. The molecule has 0 saturated heterocycles. The summed E-state index contributed by atoms with van der Waals surface area (Å²) >= 11 is 0. The lowest BCUT2D eigenvalue weighted by Gasteiger charge is -2.29. The maximum absolute atomic E-state index is 4.66. The van der Waals surface area contributed by atoms with Crippen LogP contribution in [-0.2, 0) is 0 Å². The highest BCUT2D eigenvalue weighted by Gasteiger charge is 2.26. The van der Waals surface area contributed by atoms with Crippen LogP contribution in [0, 0.1) is 0 Å². The molecule has 0 atom stereocenters. The van der Waals surface area contributed by atoms with Gasteiger partial charge in [-0.3, -0.25) is 0 Å². The van der Waals surface area contributed by atoms with Crippen molar-refractivity contribution in [2.24, 2.45) is 10.2 Å². The highest BCUT2D eigenvalue weighted by Crippen LogP contribution is 2.32. The molecule has 0 amide bonds. The molecule has 0 N–H and O–H groups in total. The smallest absolute Gasteiger partial charge is 0.0788 e. The van der Waals surface area contributed by atoms with E-state index in [2.05, 4.69) is 17.2 Å². The monoisotopic (exact) mass is 208 g/mol. The summed E-state index contributed by atoms with van der Waals surface area (Å²) in [5.41, 5.74) is 0.190. The molecule has 2 nitrogen and oxygen atoms in total. The molecule has 0 aromatic rings. The zero-order chi connectivity index (χ0) is 10.6. The van der Waals surface area contributed by atoms with E-state index < -0.39 is 0 Å². The zero-order valence-electron chi connectivity index (χ0n) is 10.0. The van der Waals surface area contributed by atoms with E-state index in [1.807, 2.05) is 0 Å². The van der Waals surface area contributed by atoms with E-state index in [-0.39, 0.29) is 5.54 Å². The predicted molar refractivity (Wildman–Crippen MR) is 63.2 cm³/mol. The van der Waals surface area contributed by atoms with Crippen LogP contribution in [0.2, 0.25) is 0 Å². The number of azo groups is 1. The first-order chi connectivity index (χ1) is 7.29. The highest BCUT2D eigenvalue weighted by atomic mass is 15.2. The van der Waals surface area contributed by atoms with E-state index in [0.29, 0.717) is 6.04 Å². The highest BCUT2D eigenvalue weighted by molar-refractivity contribution is 4.85. The minimum atomic E-state index is 0.190. The van der Waals surface area contributed by atoms with E-state index >= 15 is 0 Å². The maximum atomic E-state index is 4.66. The second-order valence-corrected chi connectivity index (χ2v) is 5.56. The minimum Gasteiger partial charge on any atom is -0.190 e. The molecule has 2 saturated carbocycles. The minimum absolute atomic E-state index is 0.190. The van der Waals surface area contributed by atoms with Gasteiger partial charge in [0.2, 0.25) is 0 Å². The Kier molecular flexibility index (Phi) is 3.76. The molecule has 0 unspecified atom stereocenters. The van der Waals surface area contributed by atoms with Crippen LogP contribution in [0.5, 0.6) is 0 Å². The molecule has 0 spiro atoms. The van der Waals surface area contributed by atoms with E-state index in [0.717, 1.165) is 0 Å². The van der Waals surface area contributed by atoms with Gasteiger partial charge in [-0.1, -0.05) is 38.5 Å². The molecule has 86 valence electrons. The molecule has 0 bridgehead atoms. The normalized spacial score (nSPS) is 28.3. The maximum Gasteiger partial charge on any atom is 0.0788 e. The van der Waals surface area contributed by atoms with Crippen LogP contribution in [0.3, 0.4) is 0 Å². The summed E-state index contributed by atoms with van der Waals surface area (Å²) in [6, 6.07) is 0.553. The van der Waals surface area contributed by atoms with Crippen molar-refractivity contribution in [3.63, 3.8) is 0 Å². The molecule has 2 fully saturated rings. The molecule has 0 radical (unpaired) electrons. The molecule has 0 heterocycles. The third kappa shape index (κ3) is 3.29. The van der Waals surface area contributed by atoms with Gasteiger partial charge in [0, 0.05) is 0 Å². The van der Waals surface area contributed by atoms with Gasteiger partial charge in [0.25, 0.3) is 0 Å². The quantitative estimate of drug-likeness (QED) is 0.597. The lowest BCUT2D eigenvalue weighted by molar-refractivity contribution is 0.299. The van der Waals surface area contributed by atoms with Gasteiger partial charge < -0.3 is 0 Å². The van der Waals surface area contributed by atoms with Crippen LogP contribution in [0.1, 0.15) is 71.1 Å². The number of rotatable bonds is 2. The van der Waals surface area contributed by atoms with Crippen molar-refractivity contribution in [3.8, 4) is 0 Å². The third-order valence-corrected chi connectivity index (χ3v) is 3.97. The first kappa shape index (κ1) is 11.1. The fraction of sp³-hybridized carbons (Fsp3) is 1.00. The molecule has 2 rings (SSSR count). The lowest BCUT2D eigenvalue weighted by atomic mass is 9.84. The van der Waals surface area contributed by atoms with Crippen LogP contribution in [0.15, 0.2) is 10.2 Å². The van der Waals surface area contributed by atoms with Crippen molar-refractivity contribution in [3.05, 3.63) is 0 Å². The van der Waals surface area contributed by atoms with Gasteiger partial charge >= 0.3 is 0 Å². The molecule has 2 aliphatic rings. The van der Waals surface area contributed by atoms with Gasteiger partial charge in [-0.05, 0) is 32.6 Å². The van der Waals surface area contributed by atoms with Gasteiger partial charge in [-0.25, -0.2) is 0 Å². The van der Waals surface area contributed by atoms with Gasteiger partial charge in [0.1, 0.15) is 0 Å². The summed E-state index contributed by atoms with van der Waals surface area (Å²) < 4.78 is 0. The average molecular weight is 208 g/mol. The molecule has 0 aromatic heterocycles. The van der Waals surface area contributed by atoms with E-state index in [1.54, 1.807) is 0 Å². The second-order valence-electron chi connectivity index (χ2n) is 5.56. The van der Waals surface area contributed by atoms with Crippen LogP contribution in [-0.4, -0.2) is 11.6 Å². The SMILES string of the molecule is CC1(N=NC2CCCCC2)CCCCC1. The number of hydrogen-bond donors (Lipinski definition) is 0. The van der Waals surface area contributed by atoms with Gasteiger partial charge in [0.05, 0.1) is 11.6 Å². The topological polar surface area (TPSA) is 24.7 Å². The Morgan fingerprint density at radius 3 is 2.13 bits per heavy atom. The first-order valence-corrected chi connectivity index (χ1v) is 6.71. The van der Waals surface area contributed by atoms with Crippen molar-refractivity contribution in [2.75, 3.05) is 0 Å². The fourth-order valence-electron chi connectivity index (χ4n) is 2.83. The first-order valence-electron chi connectivity index (χ1n) is 6.71. The van der Waals surface area contributed by atoms with Crippen molar-refractivity contribution >= 4 is 0 Å². The third-order valence-electron chi connectivity index (χ3n) is 3.97. The molecule has 2 aliphatic carbocycles. The van der Waals surface area contributed by atoms with Crippen LogP contribution < -0.4 is 0 Å². The fourth-order valence-corrected chi connectivity index (χ4v) is 2.83. The Labute approximate surface area is 93.6 Å². The summed E-state index contributed by atoms with van der Waals surface area (Å²) in [6.07, 6.45) is 13.3. The van der Waals surface area contributed by atoms with Crippen molar-refractivity contribution in [2.45, 2.75) is 82.7 Å². The summed E-state index contributed by atoms with van der Waals surface area (Å²) in [4.78, 5) is 0.